The Hall–Kier alpha value is -3.65. The van der Waals surface area contributed by atoms with Gasteiger partial charge in [-0.3, -0.25) is 5.41 Å². The van der Waals surface area contributed by atoms with Crippen molar-refractivity contribution < 1.29 is 14.2 Å². The Kier molecular flexibility index (Phi) is 5.99. The average molecular weight is 419 g/mol. The van der Waals surface area contributed by atoms with Gasteiger partial charge < -0.3 is 24.8 Å². The van der Waals surface area contributed by atoms with Crippen LogP contribution in [0.4, 0.5) is 11.5 Å². The highest BCUT2D eigenvalue weighted by Gasteiger charge is 2.17. The van der Waals surface area contributed by atoms with Gasteiger partial charge in [-0.15, -0.1) is 0 Å². The fourth-order valence-electron chi connectivity index (χ4n) is 3.55. The molecule has 31 heavy (non-hydrogen) atoms. The molecule has 0 bridgehead atoms. The highest BCUT2D eigenvalue weighted by molar-refractivity contribution is 6.14. The molecule has 4 rings (SSSR count). The molecular formula is C23H25N5O3. The van der Waals surface area contributed by atoms with E-state index in [2.05, 4.69) is 14.9 Å². The number of ether oxygens (including phenoxy) is 3. The molecule has 8 heteroatoms. The van der Waals surface area contributed by atoms with E-state index >= 15 is 0 Å². The number of hydrogen-bond donors (Lipinski definition) is 2. The van der Waals surface area contributed by atoms with Crippen LogP contribution in [-0.4, -0.2) is 56.2 Å². The lowest BCUT2D eigenvalue weighted by atomic mass is 9.96. The minimum atomic E-state index is 0.330. The van der Waals surface area contributed by atoms with Crippen molar-refractivity contribution in [2.75, 3.05) is 51.2 Å². The summed E-state index contributed by atoms with van der Waals surface area (Å²) in [7, 11) is 3.12. The normalized spacial score (nSPS) is 13.7. The smallest absolute Gasteiger partial charge is 0.224 e. The first-order chi connectivity index (χ1) is 15.1. The van der Waals surface area contributed by atoms with E-state index in [0.717, 1.165) is 35.6 Å². The van der Waals surface area contributed by atoms with E-state index in [1.54, 1.807) is 32.5 Å². The fraction of sp³-hybridized carbons (Fsp3) is 0.261. The van der Waals surface area contributed by atoms with Crippen LogP contribution in [0.25, 0.3) is 11.1 Å². The maximum absolute atomic E-state index is 8.83. The van der Waals surface area contributed by atoms with Gasteiger partial charge in [-0.1, -0.05) is 6.07 Å². The maximum Gasteiger partial charge on any atom is 0.224 e. The minimum Gasteiger partial charge on any atom is -0.481 e. The summed E-state index contributed by atoms with van der Waals surface area (Å²) in [4.78, 5) is 11.0. The van der Waals surface area contributed by atoms with Crippen molar-refractivity contribution in [3.63, 3.8) is 0 Å². The van der Waals surface area contributed by atoms with Gasteiger partial charge >= 0.3 is 0 Å². The first-order valence-electron chi connectivity index (χ1n) is 9.97. The number of nitrogens with two attached hydrogens (primary N) is 1. The van der Waals surface area contributed by atoms with Crippen LogP contribution in [0.5, 0.6) is 11.8 Å². The Morgan fingerprint density at radius 3 is 2.61 bits per heavy atom. The van der Waals surface area contributed by atoms with Gasteiger partial charge in [0.2, 0.25) is 11.8 Å². The van der Waals surface area contributed by atoms with Gasteiger partial charge in [-0.25, -0.2) is 4.98 Å². The summed E-state index contributed by atoms with van der Waals surface area (Å²) >= 11 is 0. The lowest BCUT2D eigenvalue weighted by Gasteiger charge is -2.28. The number of rotatable bonds is 6. The Balaban J connectivity index is 1.69. The summed E-state index contributed by atoms with van der Waals surface area (Å²) in [6.07, 6.45) is 1.73. The summed E-state index contributed by atoms with van der Waals surface area (Å²) in [6.45, 7) is 2.92. The largest absolute Gasteiger partial charge is 0.481 e. The third kappa shape index (κ3) is 4.29. The van der Waals surface area contributed by atoms with Crippen LogP contribution in [0, 0.1) is 5.41 Å². The number of aromatic nitrogens is 2. The van der Waals surface area contributed by atoms with Crippen molar-refractivity contribution in [2.45, 2.75) is 0 Å². The standard InChI is InChI=1S/C23H25N5O3/c1-29-21-6-4-17(23(27-21)30-2)15-3-5-19(24)18(13-15)22(25)16-7-8-26-20(14-16)28-9-11-31-12-10-28/h3-8,13-14,25H,9-12,24H2,1-2H3. The van der Waals surface area contributed by atoms with Crippen molar-refractivity contribution in [2.24, 2.45) is 0 Å². The second-order valence-corrected chi connectivity index (χ2v) is 7.09. The summed E-state index contributed by atoms with van der Waals surface area (Å²) < 4.78 is 16.0. The van der Waals surface area contributed by atoms with Gasteiger partial charge in [0.25, 0.3) is 0 Å². The molecule has 0 amide bonds. The molecule has 8 nitrogen and oxygen atoms in total. The Labute approximate surface area is 181 Å². The summed E-state index contributed by atoms with van der Waals surface area (Å²) in [5, 5.41) is 8.83. The van der Waals surface area contributed by atoms with E-state index in [-0.39, 0.29) is 0 Å². The van der Waals surface area contributed by atoms with Gasteiger partial charge in [0.1, 0.15) is 5.82 Å². The van der Waals surface area contributed by atoms with E-state index in [1.807, 2.05) is 30.3 Å². The molecule has 1 aliphatic rings. The number of hydrogen-bond acceptors (Lipinski definition) is 8. The molecule has 1 aromatic carbocycles. The third-order valence-corrected chi connectivity index (χ3v) is 5.24. The zero-order valence-electron chi connectivity index (χ0n) is 17.6. The van der Waals surface area contributed by atoms with Gasteiger partial charge in [-0.2, -0.15) is 4.98 Å². The van der Waals surface area contributed by atoms with E-state index in [0.29, 0.717) is 41.9 Å². The fourth-order valence-corrected chi connectivity index (χ4v) is 3.55. The molecular weight excluding hydrogens is 394 g/mol. The number of morpholine rings is 1. The second-order valence-electron chi connectivity index (χ2n) is 7.09. The molecule has 3 N–H and O–H groups in total. The Morgan fingerprint density at radius 2 is 1.87 bits per heavy atom. The molecule has 160 valence electrons. The highest BCUT2D eigenvalue weighted by Crippen LogP contribution is 2.33. The van der Waals surface area contributed by atoms with Crippen LogP contribution in [0.3, 0.4) is 0 Å². The maximum atomic E-state index is 8.83. The van der Waals surface area contributed by atoms with Gasteiger partial charge in [0, 0.05) is 47.7 Å². The summed E-state index contributed by atoms with van der Waals surface area (Å²) in [5.74, 6) is 1.75. The monoisotopic (exact) mass is 419 g/mol. The van der Waals surface area contributed by atoms with E-state index in [1.165, 1.54) is 0 Å². The van der Waals surface area contributed by atoms with Gasteiger partial charge in [0.05, 0.1) is 33.1 Å². The van der Waals surface area contributed by atoms with Crippen molar-refractivity contribution in [3.05, 3.63) is 59.8 Å². The zero-order valence-corrected chi connectivity index (χ0v) is 17.6. The van der Waals surface area contributed by atoms with Crippen molar-refractivity contribution in [1.82, 2.24) is 9.97 Å². The lowest BCUT2D eigenvalue weighted by Crippen LogP contribution is -2.36. The number of anilines is 2. The third-order valence-electron chi connectivity index (χ3n) is 5.24. The molecule has 0 unspecified atom stereocenters. The molecule has 3 aromatic rings. The predicted octanol–water partition coefficient (Wildman–Crippen LogP) is 3.00. The molecule has 0 radical (unpaired) electrons. The van der Waals surface area contributed by atoms with Crippen LogP contribution in [-0.2, 0) is 4.74 Å². The molecule has 0 aliphatic carbocycles. The molecule has 3 heterocycles. The molecule has 0 saturated carbocycles. The highest BCUT2D eigenvalue weighted by atomic mass is 16.5. The van der Waals surface area contributed by atoms with E-state index < -0.39 is 0 Å². The van der Waals surface area contributed by atoms with Crippen LogP contribution in [0.15, 0.2) is 48.7 Å². The first kappa shape index (κ1) is 20.6. The number of nitrogens with one attached hydrogen (secondary N) is 1. The molecule has 0 atom stereocenters. The minimum absolute atomic E-state index is 0.330. The van der Waals surface area contributed by atoms with E-state index in [4.69, 9.17) is 25.4 Å². The Bertz CT molecular complexity index is 1100. The van der Waals surface area contributed by atoms with Gasteiger partial charge in [-0.05, 0) is 35.9 Å². The predicted molar refractivity (Wildman–Crippen MR) is 120 cm³/mol. The molecule has 1 saturated heterocycles. The number of pyridine rings is 2. The van der Waals surface area contributed by atoms with Crippen molar-refractivity contribution in [3.8, 4) is 22.9 Å². The summed E-state index contributed by atoms with van der Waals surface area (Å²) in [5.41, 5.74) is 10.1. The number of nitrogen functional groups attached to an aromatic ring is 1. The van der Waals surface area contributed by atoms with Gasteiger partial charge in [0.15, 0.2) is 0 Å². The molecule has 0 spiro atoms. The number of benzene rings is 1. The Morgan fingerprint density at radius 1 is 1.06 bits per heavy atom. The van der Waals surface area contributed by atoms with Crippen LogP contribution < -0.4 is 20.1 Å². The quantitative estimate of drug-likeness (QED) is 0.467. The molecule has 1 aliphatic heterocycles. The zero-order chi connectivity index (χ0) is 21.8. The second kappa shape index (κ2) is 9.01. The van der Waals surface area contributed by atoms with E-state index in [9.17, 15) is 0 Å². The van der Waals surface area contributed by atoms with Crippen LogP contribution >= 0.6 is 0 Å². The van der Waals surface area contributed by atoms with Crippen molar-refractivity contribution >= 4 is 17.2 Å². The number of methoxy groups -OCH3 is 2. The first-order valence-corrected chi connectivity index (χ1v) is 9.97. The van der Waals surface area contributed by atoms with Crippen molar-refractivity contribution in [1.29, 1.82) is 5.41 Å². The molecule has 2 aromatic heterocycles. The average Bonchev–Trinajstić information content (AvgIpc) is 2.84. The van der Waals surface area contributed by atoms with Crippen LogP contribution in [0.2, 0.25) is 0 Å². The molecule has 1 fully saturated rings. The van der Waals surface area contributed by atoms with Crippen LogP contribution in [0.1, 0.15) is 11.1 Å². The summed E-state index contributed by atoms with van der Waals surface area (Å²) in [6, 6.07) is 13.0. The SMILES string of the molecule is COc1ccc(-c2ccc(N)c(C(=N)c3ccnc(N4CCOCC4)c3)c2)c(OC)n1. The number of nitrogens with zero attached hydrogens (tertiary/aromatic N) is 3. The lowest BCUT2D eigenvalue weighted by molar-refractivity contribution is 0.122. The topological polar surface area (TPSA) is 107 Å².